The normalized spacial score (nSPS) is 18.2. The lowest BCUT2D eigenvalue weighted by molar-refractivity contribution is 0.412. The van der Waals surface area contributed by atoms with E-state index in [0.717, 1.165) is 25.7 Å². The molecule has 94 valence electrons. The Morgan fingerprint density at radius 1 is 1.24 bits per heavy atom. The molecule has 0 atom stereocenters. The number of hydrogen-bond acceptors (Lipinski definition) is 3. The summed E-state index contributed by atoms with van der Waals surface area (Å²) in [7, 11) is -3.41. The van der Waals surface area contributed by atoms with Crippen LogP contribution in [0.5, 0.6) is 0 Å². The summed E-state index contributed by atoms with van der Waals surface area (Å²) in [5, 5.41) is 0. The first-order chi connectivity index (χ1) is 8.08. The quantitative estimate of drug-likeness (QED) is 0.871. The van der Waals surface area contributed by atoms with Crippen LogP contribution in [0.3, 0.4) is 0 Å². The van der Waals surface area contributed by atoms with E-state index in [0.29, 0.717) is 4.60 Å². The van der Waals surface area contributed by atoms with Crippen molar-refractivity contribution in [3.05, 3.63) is 22.9 Å². The van der Waals surface area contributed by atoms with Gasteiger partial charge in [-0.3, -0.25) is 0 Å². The fraction of sp³-hybridized carbons (Fsp3) is 0.545. The van der Waals surface area contributed by atoms with Crippen molar-refractivity contribution in [2.45, 2.75) is 43.0 Å². The molecular weight excluding hydrogens is 304 g/mol. The van der Waals surface area contributed by atoms with Crippen molar-refractivity contribution in [1.29, 1.82) is 0 Å². The van der Waals surface area contributed by atoms with Crippen LogP contribution < -0.4 is 4.72 Å². The van der Waals surface area contributed by atoms with Gasteiger partial charge in [-0.1, -0.05) is 19.3 Å². The predicted octanol–water partition coefficient (Wildman–Crippen LogP) is 2.46. The molecule has 6 heteroatoms. The van der Waals surface area contributed by atoms with Crippen LogP contribution in [-0.2, 0) is 10.0 Å². The van der Waals surface area contributed by atoms with E-state index >= 15 is 0 Å². The third-order valence-electron chi connectivity index (χ3n) is 2.94. The monoisotopic (exact) mass is 318 g/mol. The van der Waals surface area contributed by atoms with Gasteiger partial charge >= 0.3 is 0 Å². The second-order valence-electron chi connectivity index (χ2n) is 4.27. The Morgan fingerprint density at radius 2 is 1.94 bits per heavy atom. The van der Waals surface area contributed by atoms with Crippen LogP contribution in [0.15, 0.2) is 27.8 Å². The molecule has 4 nitrogen and oxygen atoms in total. The molecule has 0 bridgehead atoms. The fourth-order valence-electron chi connectivity index (χ4n) is 2.03. The van der Waals surface area contributed by atoms with E-state index in [1.54, 1.807) is 12.1 Å². The minimum atomic E-state index is -3.41. The first kappa shape index (κ1) is 13.0. The van der Waals surface area contributed by atoms with Gasteiger partial charge in [0.1, 0.15) is 9.50 Å². The molecule has 2 rings (SSSR count). The van der Waals surface area contributed by atoms with E-state index in [-0.39, 0.29) is 10.9 Å². The standard InChI is InChI=1S/C11H15BrN2O2S/c12-11-7-6-10(8-13-11)17(15,16)14-9-4-2-1-3-5-9/h6-9,14H,1-5H2. The number of halogens is 1. The highest BCUT2D eigenvalue weighted by molar-refractivity contribution is 9.10. The van der Waals surface area contributed by atoms with Crippen LogP contribution >= 0.6 is 15.9 Å². The van der Waals surface area contributed by atoms with Crippen LogP contribution in [0, 0.1) is 0 Å². The molecule has 1 heterocycles. The highest BCUT2D eigenvalue weighted by atomic mass is 79.9. The van der Waals surface area contributed by atoms with Crippen molar-refractivity contribution in [3.8, 4) is 0 Å². The lowest BCUT2D eigenvalue weighted by atomic mass is 9.96. The minimum absolute atomic E-state index is 0.0809. The Labute approximate surface area is 110 Å². The zero-order valence-corrected chi connectivity index (χ0v) is 11.8. The zero-order chi connectivity index (χ0) is 12.3. The van der Waals surface area contributed by atoms with Crippen LogP contribution in [0.25, 0.3) is 0 Å². The maximum absolute atomic E-state index is 12.0. The summed E-state index contributed by atoms with van der Waals surface area (Å²) in [6.07, 6.45) is 6.65. The van der Waals surface area contributed by atoms with E-state index in [4.69, 9.17) is 0 Å². The lowest BCUT2D eigenvalue weighted by Gasteiger charge is -2.22. The highest BCUT2D eigenvalue weighted by Gasteiger charge is 2.21. The van der Waals surface area contributed by atoms with E-state index in [2.05, 4.69) is 25.6 Å². The highest BCUT2D eigenvalue weighted by Crippen LogP contribution is 2.20. The van der Waals surface area contributed by atoms with Gasteiger partial charge in [-0.15, -0.1) is 0 Å². The molecule has 0 aliphatic heterocycles. The first-order valence-corrected chi connectivity index (χ1v) is 7.99. The third kappa shape index (κ3) is 3.50. The number of rotatable bonds is 3. The molecule has 1 aromatic rings. The molecule has 1 aliphatic carbocycles. The number of sulfonamides is 1. The summed E-state index contributed by atoms with van der Waals surface area (Å²) in [5.74, 6) is 0. The zero-order valence-electron chi connectivity index (χ0n) is 9.39. The van der Waals surface area contributed by atoms with Crippen molar-refractivity contribution < 1.29 is 8.42 Å². The Bertz CT molecular complexity index is 467. The molecule has 0 radical (unpaired) electrons. The molecule has 1 fully saturated rings. The fourth-order valence-corrected chi connectivity index (χ4v) is 3.51. The van der Waals surface area contributed by atoms with Gasteiger partial charge < -0.3 is 0 Å². The smallest absolute Gasteiger partial charge is 0.242 e. The van der Waals surface area contributed by atoms with Gasteiger partial charge in [0.2, 0.25) is 10.0 Å². The van der Waals surface area contributed by atoms with Crippen molar-refractivity contribution in [1.82, 2.24) is 9.71 Å². The molecule has 1 aliphatic rings. The summed E-state index contributed by atoms with van der Waals surface area (Å²) >= 11 is 3.18. The molecule has 0 amide bonds. The second-order valence-corrected chi connectivity index (χ2v) is 6.80. The number of nitrogens with one attached hydrogen (secondary N) is 1. The second kappa shape index (κ2) is 5.46. The predicted molar refractivity (Wildman–Crippen MR) is 69.1 cm³/mol. The molecule has 0 unspecified atom stereocenters. The largest absolute Gasteiger partial charge is 0.248 e. The van der Waals surface area contributed by atoms with Gasteiger partial charge in [-0.05, 0) is 40.9 Å². The molecule has 0 aromatic carbocycles. The average Bonchev–Trinajstić information content (AvgIpc) is 2.30. The Balaban J connectivity index is 2.10. The Hall–Kier alpha value is -0.460. The molecular formula is C11H15BrN2O2S. The maximum atomic E-state index is 12.0. The topological polar surface area (TPSA) is 59.1 Å². The van der Waals surface area contributed by atoms with Crippen molar-refractivity contribution in [2.75, 3.05) is 0 Å². The number of pyridine rings is 1. The summed E-state index contributed by atoms with van der Waals surface area (Å²) in [4.78, 5) is 4.16. The van der Waals surface area contributed by atoms with Crippen LogP contribution in [0.1, 0.15) is 32.1 Å². The van der Waals surface area contributed by atoms with Crippen molar-refractivity contribution >= 4 is 26.0 Å². The maximum Gasteiger partial charge on any atom is 0.242 e. The molecule has 1 aromatic heterocycles. The van der Waals surface area contributed by atoms with Gasteiger partial charge in [0, 0.05) is 12.2 Å². The van der Waals surface area contributed by atoms with E-state index in [1.807, 2.05) is 0 Å². The molecule has 0 saturated heterocycles. The summed E-state index contributed by atoms with van der Waals surface area (Å²) in [6, 6.07) is 3.27. The van der Waals surface area contributed by atoms with E-state index in [9.17, 15) is 8.42 Å². The average molecular weight is 319 g/mol. The van der Waals surface area contributed by atoms with Gasteiger partial charge in [0.15, 0.2) is 0 Å². The van der Waals surface area contributed by atoms with Gasteiger partial charge in [0.25, 0.3) is 0 Å². The SMILES string of the molecule is O=S(=O)(NC1CCCCC1)c1ccc(Br)nc1. The van der Waals surface area contributed by atoms with Crippen molar-refractivity contribution in [3.63, 3.8) is 0 Å². The van der Waals surface area contributed by atoms with Gasteiger partial charge in [-0.25, -0.2) is 18.1 Å². The Morgan fingerprint density at radius 3 is 2.53 bits per heavy atom. The Kier molecular flexibility index (Phi) is 4.17. The molecule has 1 N–H and O–H groups in total. The van der Waals surface area contributed by atoms with Gasteiger partial charge in [-0.2, -0.15) is 0 Å². The van der Waals surface area contributed by atoms with E-state index in [1.165, 1.54) is 12.6 Å². The van der Waals surface area contributed by atoms with Gasteiger partial charge in [0.05, 0.1) is 0 Å². The summed E-state index contributed by atoms with van der Waals surface area (Å²) in [5.41, 5.74) is 0. The number of hydrogen-bond donors (Lipinski definition) is 1. The van der Waals surface area contributed by atoms with Crippen LogP contribution in [0.4, 0.5) is 0 Å². The van der Waals surface area contributed by atoms with Crippen molar-refractivity contribution in [2.24, 2.45) is 0 Å². The lowest BCUT2D eigenvalue weighted by Crippen LogP contribution is -2.36. The minimum Gasteiger partial charge on any atom is -0.248 e. The number of nitrogens with zero attached hydrogens (tertiary/aromatic N) is 1. The molecule has 17 heavy (non-hydrogen) atoms. The molecule has 0 spiro atoms. The summed E-state index contributed by atoms with van der Waals surface area (Å²) < 4.78 is 27.5. The molecule has 1 saturated carbocycles. The van der Waals surface area contributed by atoms with Crippen LogP contribution in [0.2, 0.25) is 0 Å². The third-order valence-corrected chi connectivity index (χ3v) is 4.91. The van der Waals surface area contributed by atoms with Crippen LogP contribution in [-0.4, -0.2) is 19.4 Å². The first-order valence-electron chi connectivity index (χ1n) is 5.72. The number of aromatic nitrogens is 1. The summed E-state index contributed by atoms with van der Waals surface area (Å²) in [6.45, 7) is 0. The van der Waals surface area contributed by atoms with E-state index < -0.39 is 10.0 Å².